The summed E-state index contributed by atoms with van der Waals surface area (Å²) in [7, 11) is 3.63. The number of piperidine rings is 1. The van der Waals surface area contributed by atoms with Crippen molar-refractivity contribution in [2.45, 2.75) is 69.1 Å². The van der Waals surface area contributed by atoms with Crippen LogP contribution in [0.25, 0.3) is 11.1 Å². The number of ether oxygens (including phenoxy) is 3. The van der Waals surface area contributed by atoms with Crippen molar-refractivity contribution in [2.24, 2.45) is 0 Å². The number of carbonyl (C=O) groups is 2. The molecule has 9 nitrogen and oxygen atoms in total. The average Bonchev–Trinajstić information content (AvgIpc) is 3.77. The Hall–Kier alpha value is -3.63. The minimum Gasteiger partial charge on any atom is -0.496 e. The number of benzene rings is 3. The Kier molecular flexibility index (Phi) is 8.59. The molecule has 0 unspecified atom stereocenters. The van der Waals surface area contributed by atoms with Crippen molar-refractivity contribution in [1.82, 2.24) is 4.90 Å². The summed E-state index contributed by atoms with van der Waals surface area (Å²) in [5.41, 5.74) is 4.57. The second-order valence-electron chi connectivity index (χ2n) is 11.4. The molecule has 6 rings (SSSR count). The number of amides is 2. The van der Waals surface area contributed by atoms with Crippen LogP contribution in [-0.2, 0) is 27.3 Å². The number of aliphatic hydroxyl groups excluding tert-OH is 1. The Bertz CT molecular complexity index is 1480. The van der Waals surface area contributed by atoms with Gasteiger partial charge in [0.15, 0.2) is 0 Å². The summed E-state index contributed by atoms with van der Waals surface area (Å²) in [6.07, 6.45) is 3.14. The molecular formula is C33H36ClN3O6. The fourth-order valence-electron chi connectivity index (χ4n) is 6.47. The summed E-state index contributed by atoms with van der Waals surface area (Å²) in [4.78, 5) is 28.1. The first-order valence-electron chi connectivity index (χ1n) is 14.6. The second kappa shape index (κ2) is 12.5. The molecule has 0 aliphatic carbocycles. The van der Waals surface area contributed by atoms with Crippen LogP contribution in [0.1, 0.15) is 36.8 Å². The predicted molar refractivity (Wildman–Crippen MR) is 164 cm³/mol. The number of hydrogen-bond acceptors (Lipinski definition) is 7. The first-order chi connectivity index (χ1) is 20.8. The van der Waals surface area contributed by atoms with Gasteiger partial charge in [0.1, 0.15) is 24.1 Å². The van der Waals surface area contributed by atoms with E-state index in [1.54, 1.807) is 12.1 Å². The maximum Gasteiger partial charge on any atom is 0.411 e. The Morgan fingerprint density at radius 2 is 1.77 bits per heavy atom. The first kappa shape index (κ1) is 29.4. The molecule has 3 heterocycles. The van der Waals surface area contributed by atoms with Gasteiger partial charge in [0, 0.05) is 48.5 Å². The number of aliphatic hydroxyl groups is 1. The van der Waals surface area contributed by atoms with Crippen LogP contribution < -0.4 is 15.4 Å². The number of fused-ring (bicyclic) bond motifs is 5. The van der Waals surface area contributed by atoms with Crippen molar-refractivity contribution in [3.05, 3.63) is 76.8 Å². The van der Waals surface area contributed by atoms with Gasteiger partial charge in [-0.25, -0.2) is 4.79 Å². The predicted octanol–water partition coefficient (Wildman–Crippen LogP) is 5.63. The normalized spacial score (nSPS) is 23.8. The second-order valence-corrected chi connectivity index (χ2v) is 11.8. The fourth-order valence-corrected chi connectivity index (χ4v) is 6.70. The zero-order valence-electron chi connectivity index (χ0n) is 24.2. The lowest BCUT2D eigenvalue weighted by molar-refractivity contribution is -0.116. The van der Waals surface area contributed by atoms with E-state index in [4.69, 9.17) is 25.8 Å². The van der Waals surface area contributed by atoms with Gasteiger partial charge in [-0.2, -0.15) is 0 Å². The number of halogens is 1. The number of aryl methyl sites for hydroxylation is 1. The molecule has 3 aromatic rings. The van der Waals surface area contributed by atoms with Gasteiger partial charge in [-0.15, -0.1) is 0 Å². The van der Waals surface area contributed by atoms with E-state index in [-0.39, 0.29) is 30.8 Å². The van der Waals surface area contributed by atoms with E-state index < -0.39 is 6.09 Å². The number of rotatable bonds is 10. The highest BCUT2D eigenvalue weighted by molar-refractivity contribution is 6.33. The van der Waals surface area contributed by atoms with Crippen LogP contribution in [0.5, 0.6) is 5.75 Å². The molecule has 3 aromatic carbocycles. The van der Waals surface area contributed by atoms with E-state index in [1.807, 2.05) is 42.5 Å². The van der Waals surface area contributed by atoms with Crippen LogP contribution in [0.2, 0.25) is 5.02 Å². The lowest BCUT2D eigenvalue weighted by atomic mass is 9.98. The number of epoxide rings is 1. The van der Waals surface area contributed by atoms with E-state index in [2.05, 4.69) is 28.6 Å². The zero-order valence-corrected chi connectivity index (χ0v) is 25.0. The van der Waals surface area contributed by atoms with Gasteiger partial charge in [0.2, 0.25) is 5.91 Å². The summed E-state index contributed by atoms with van der Waals surface area (Å²) in [6.45, 7) is -0.215. The Balaban J connectivity index is 1.07. The maximum atomic E-state index is 13.0. The summed E-state index contributed by atoms with van der Waals surface area (Å²) >= 11 is 6.29. The monoisotopic (exact) mass is 605 g/mol. The summed E-state index contributed by atoms with van der Waals surface area (Å²) in [5, 5.41) is 15.6. The van der Waals surface area contributed by atoms with E-state index in [1.165, 1.54) is 7.11 Å². The van der Waals surface area contributed by atoms with E-state index in [9.17, 15) is 14.7 Å². The average molecular weight is 606 g/mol. The number of methoxy groups -OCH3 is 1. The van der Waals surface area contributed by atoms with Crippen LogP contribution in [0.15, 0.2) is 60.7 Å². The highest BCUT2D eigenvalue weighted by Crippen LogP contribution is 2.48. The number of likely N-dealkylation sites (N-methyl/N-ethyl adjacent to an activating group) is 1. The third-order valence-corrected chi connectivity index (χ3v) is 9.05. The molecule has 3 aliphatic rings. The molecule has 5 atom stereocenters. The Morgan fingerprint density at radius 1 is 1.02 bits per heavy atom. The largest absolute Gasteiger partial charge is 0.496 e. The number of morpholine rings is 1. The summed E-state index contributed by atoms with van der Waals surface area (Å²) < 4.78 is 16.9. The van der Waals surface area contributed by atoms with Gasteiger partial charge in [0.05, 0.1) is 30.1 Å². The minimum absolute atomic E-state index is 0.128. The van der Waals surface area contributed by atoms with Crippen LogP contribution in [0.3, 0.4) is 0 Å². The maximum absolute atomic E-state index is 13.0. The van der Waals surface area contributed by atoms with Crippen LogP contribution in [0, 0.1) is 0 Å². The van der Waals surface area contributed by atoms with Gasteiger partial charge >= 0.3 is 6.09 Å². The van der Waals surface area contributed by atoms with Crippen molar-refractivity contribution in [2.75, 3.05) is 24.8 Å². The zero-order chi connectivity index (χ0) is 30.1. The smallest absolute Gasteiger partial charge is 0.411 e. The number of anilines is 2. The molecule has 0 radical (unpaired) electrons. The molecule has 43 heavy (non-hydrogen) atoms. The van der Waals surface area contributed by atoms with Gasteiger partial charge in [-0.3, -0.25) is 15.0 Å². The molecule has 0 spiro atoms. The van der Waals surface area contributed by atoms with Crippen molar-refractivity contribution in [3.8, 4) is 16.9 Å². The molecular weight excluding hydrogens is 570 g/mol. The van der Waals surface area contributed by atoms with Gasteiger partial charge in [-0.1, -0.05) is 48.0 Å². The van der Waals surface area contributed by atoms with Crippen LogP contribution in [0.4, 0.5) is 16.2 Å². The van der Waals surface area contributed by atoms with Gasteiger partial charge in [-0.05, 0) is 49.2 Å². The molecule has 2 amide bonds. The molecule has 226 valence electrons. The number of nitrogens with one attached hydrogen (secondary N) is 2. The molecule has 3 N–H and O–H groups in total. The van der Waals surface area contributed by atoms with Crippen molar-refractivity contribution < 1.29 is 28.9 Å². The molecule has 3 fully saturated rings. The minimum atomic E-state index is -0.451. The van der Waals surface area contributed by atoms with E-state index in [0.29, 0.717) is 59.1 Å². The van der Waals surface area contributed by atoms with Crippen molar-refractivity contribution in [3.63, 3.8) is 0 Å². The van der Waals surface area contributed by atoms with Crippen LogP contribution in [-0.4, -0.2) is 66.6 Å². The van der Waals surface area contributed by atoms with Crippen molar-refractivity contribution >= 4 is 35.0 Å². The van der Waals surface area contributed by atoms with E-state index in [0.717, 1.165) is 29.5 Å². The first-order valence-corrected chi connectivity index (χ1v) is 15.0. The molecule has 3 aliphatic heterocycles. The lowest BCUT2D eigenvalue weighted by Crippen LogP contribution is -2.48. The highest BCUT2D eigenvalue weighted by atomic mass is 35.5. The standard InChI is InChI=1S/C33H36ClN3O6/c1-37-27-15-22(16-28(37)32-31(27)43-32)42-33(40)36-25-12-11-19(13-23(25)20-8-4-3-5-9-20)7-6-10-30(39)35-26-17-29(41-2)21(18-38)14-24(26)34/h3-5,8-9,11-14,17,22,27-28,31-32,38H,6-7,10,15-16,18H2,1-2H3,(H,35,39)(H,36,40)/t22-,27-,28-,31-,32+/m0/s1. The molecule has 0 aromatic heterocycles. The molecule has 2 bridgehead atoms. The third kappa shape index (κ3) is 6.35. The van der Waals surface area contributed by atoms with Gasteiger partial charge in [0.25, 0.3) is 0 Å². The lowest BCUT2D eigenvalue weighted by Gasteiger charge is -2.37. The molecule has 3 saturated heterocycles. The van der Waals surface area contributed by atoms with Crippen LogP contribution >= 0.6 is 11.6 Å². The number of carbonyl (C=O) groups excluding carboxylic acids is 2. The fraction of sp³-hybridized carbons (Fsp3) is 0.394. The SMILES string of the molecule is COc1cc(NC(=O)CCCc2ccc(NC(=O)O[C@H]3C[C@H]4[C@@H]5O[C@@H]5[C@H](C3)N4C)c(-c3ccccc3)c2)c(Cl)cc1CO. The topological polar surface area (TPSA) is 113 Å². The summed E-state index contributed by atoms with van der Waals surface area (Å²) in [5.74, 6) is 0.286. The quantitative estimate of drug-likeness (QED) is 0.257. The van der Waals surface area contributed by atoms with E-state index >= 15 is 0 Å². The summed E-state index contributed by atoms with van der Waals surface area (Å²) in [6, 6.07) is 19.6. The molecule has 10 heteroatoms. The molecule has 0 saturated carbocycles. The van der Waals surface area contributed by atoms with Crippen molar-refractivity contribution in [1.29, 1.82) is 0 Å². The number of hydrogen-bond donors (Lipinski definition) is 3. The Morgan fingerprint density at radius 3 is 2.47 bits per heavy atom. The third-order valence-electron chi connectivity index (χ3n) is 8.74. The Labute approximate surface area is 256 Å². The number of nitrogens with zero attached hydrogens (tertiary/aromatic N) is 1. The highest BCUT2D eigenvalue weighted by Gasteiger charge is 2.62. The van der Waals surface area contributed by atoms with Gasteiger partial charge < -0.3 is 24.6 Å².